The van der Waals surface area contributed by atoms with Crippen molar-refractivity contribution in [1.82, 2.24) is 4.90 Å². The van der Waals surface area contributed by atoms with Gasteiger partial charge in [0, 0.05) is 18.3 Å². The molecule has 0 atom stereocenters. The molecule has 0 spiro atoms. The van der Waals surface area contributed by atoms with Crippen molar-refractivity contribution in [2.45, 2.75) is 45.7 Å². The van der Waals surface area contributed by atoms with E-state index in [2.05, 4.69) is 0 Å². The highest BCUT2D eigenvalue weighted by molar-refractivity contribution is 6.18. The van der Waals surface area contributed by atoms with Gasteiger partial charge in [-0.15, -0.1) is 11.6 Å². The third-order valence-corrected chi connectivity index (χ3v) is 2.83. The van der Waals surface area contributed by atoms with Gasteiger partial charge in [0.15, 0.2) is 0 Å². The van der Waals surface area contributed by atoms with E-state index in [1.54, 1.807) is 0 Å². The largest absolute Gasteiger partial charge is 0.406 e. The summed E-state index contributed by atoms with van der Waals surface area (Å²) in [6, 6.07) is 0. The van der Waals surface area contributed by atoms with E-state index in [0.29, 0.717) is 12.8 Å². The fourth-order valence-corrected chi connectivity index (χ4v) is 2.14. The van der Waals surface area contributed by atoms with Crippen molar-refractivity contribution in [2.75, 3.05) is 19.0 Å². The van der Waals surface area contributed by atoms with Crippen molar-refractivity contribution in [1.29, 1.82) is 0 Å². The molecule has 0 aromatic heterocycles. The normalized spacial score (nSPS) is 11.9. The van der Waals surface area contributed by atoms with E-state index >= 15 is 0 Å². The van der Waals surface area contributed by atoms with Gasteiger partial charge >= 0.3 is 6.18 Å². The van der Waals surface area contributed by atoms with Gasteiger partial charge in [0.05, 0.1) is 0 Å². The van der Waals surface area contributed by atoms with Crippen LogP contribution >= 0.6 is 11.6 Å². The third-order valence-electron chi connectivity index (χ3n) is 2.66. The first-order valence-corrected chi connectivity index (χ1v) is 6.80. The van der Waals surface area contributed by atoms with Gasteiger partial charge in [-0.1, -0.05) is 26.7 Å². The van der Waals surface area contributed by atoms with Crippen LogP contribution in [-0.2, 0) is 4.79 Å². The maximum absolute atomic E-state index is 12.4. The molecule has 0 aromatic rings. The first kappa shape index (κ1) is 17.6. The van der Waals surface area contributed by atoms with Crippen LogP contribution in [0, 0.1) is 5.92 Å². The van der Waals surface area contributed by atoms with Gasteiger partial charge in [-0.05, 0) is 12.8 Å². The van der Waals surface area contributed by atoms with Crippen LogP contribution in [0.25, 0.3) is 0 Å². The Balaban J connectivity index is 4.69. The van der Waals surface area contributed by atoms with Crippen LogP contribution in [0.4, 0.5) is 13.2 Å². The van der Waals surface area contributed by atoms with E-state index in [9.17, 15) is 18.0 Å². The van der Waals surface area contributed by atoms with Gasteiger partial charge in [-0.25, -0.2) is 0 Å². The van der Waals surface area contributed by atoms with Gasteiger partial charge in [-0.2, -0.15) is 13.2 Å². The third kappa shape index (κ3) is 7.09. The number of alkyl halides is 4. The van der Waals surface area contributed by atoms with Crippen molar-refractivity contribution < 1.29 is 18.0 Å². The molecule has 108 valence electrons. The van der Waals surface area contributed by atoms with Crippen LogP contribution in [0.3, 0.4) is 0 Å². The Bertz CT molecular complexity index is 240. The summed E-state index contributed by atoms with van der Waals surface area (Å²) in [6.45, 7) is 2.59. The maximum atomic E-state index is 12.4. The molecule has 0 bridgehead atoms. The second-order valence-electron chi connectivity index (χ2n) is 4.34. The number of hydrogen-bond acceptors (Lipinski definition) is 1. The number of carbonyl (C=O) groups is 1. The monoisotopic (exact) mass is 287 g/mol. The minimum atomic E-state index is -4.37. The molecule has 0 radical (unpaired) electrons. The highest BCUT2D eigenvalue weighted by atomic mass is 35.5. The summed E-state index contributed by atoms with van der Waals surface area (Å²) in [6.07, 6.45) is -1.54. The first-order chi connectivity index (χ1) is 8.35. The summed E-state index contributed by atoms with van der Waals surface area (Å²) in [7, 11) is 0. The van der Waals surface area contributed by atoms with Crippen molar-refractivity contribution in [3.63, 3.8) is 0 Å². The maximum Gasteiger partial charge on any atom is 0.406 e. The van der Waals surface area contributed by atoms with Crippen LogP contribution < -0.4 is 0 Å². The van der Waals surface area contributed by atoms with E-state index in [4.69, 9.17) is 11.6 Å². The molecule has 0 aliphatic rings. The molecule has 0 fully saturated rings. The molecule has 0 saturated carbocycles. The van der Waals surface area contributed by atoms with E-state index in [1.807, 2.05) is 13.8 Å². The molecule has 0 N–H and O–H groups in total. The van der Waals surface area contributed by atoms with Gasteiger partial charge < -0.3 is 4.90 Å². The average Bonchev–Trinajstić information content (AvgIpc) is 2.25. The Morgan fingerprint density at radius 1 is 1.22 bits per heavy atom. The van der Waals surface area contributed by atoms with E-state index in [0.717, 1.165) is 17.7 Å². The number of carbonyl (C=O) groups excluding carboxylic acids is 1. The molecule has 0 aliphatic heterocycles. The average molecular weight is 288 g/mol. The summed E-state index contributed by atoms with van der Waals surface area (Å²) in [5, 5.41) is 0. The molecule has 0 heterocycles. The standard InChI is InChI=1S/C12H21ClF3NO/c1-3-5-10(6-4-2)11(18)17(8-7-13)9-12(14,15)16/h10H,3-9H2,1-2H3. The minimum Gasteiger partial charge on any atom is -0.332 e. The van der Waals surface area contributed by atoms with E-state index < -0.39 is 18.6 Å². The summed E-state index contributed by atoms with van der Waals surface area (Å²) >= 11 is 5.47. The zero-order valence-corrected chi connectivity index (χ0v) is 11.7. The van der Waals surface area contributed by atoms with E-state index in [1.165, 1.54) is 0 Å². The molecular formula is C12H21ClF3NO. The number of halogens is 4. The topological polar surface area (TPSA) is 20.3 Å². The van der Waals surface area contributed by atoms with Crippen LogP contribution in [0.1, 0.15) is 39.5 Å². The van der Waals surface area contributed by atoms with Crippen LogP contribution in [0.5, 0.6) is 0 Å². The molecule has 0 aromatic carbocycles. The lowest BCUT2D eigenvalue weighted by atomic mass is 9.96. The molecule has 2 nitrogen and oxygen atoms in total. The molecule has 0 rings (SSSR count). The van der Waals surface area contributed by atoms with Crippen LogP contribution in [0.2, 0.25) is 0 Å². The second kappa shape index (κ2) is 8.62. The molecule has 18 heavy (non-hydrogen) atoms. The molecule has 1 amide bonds. The molecule has 0 saturated heterocycles. The lowest BCUT2D eigenvalue weighted by Gasteiger charge is -2.27. The van der Waals surface area contributed by atoms with Gasteiger partial charge in [-0.3, -0.25) is 4.79 Å². The Labute approximate surface area is 111 Å². The van der Waals surface area contributed by atoms with Crippen molar-refractivity contribution in [3.05, 3.63) is 0 Å². The van der Waals surface area contributed by atoms with Crippen LogP contribution in [0.15, 0.2) is 0 Å². The smallest absolute Gasteiger partial charge is 0.332 e. The second-order valence-corrected chi connectivity index (χ2v) is 4.72. The Morgan fingerprint density at radius 3 is 2.06 bits per heavy atom. The van der Waals surface area contributed by atoms with Crippen molar-refractivity contribution >= 4 is 17.5 Å². The first-order valence-electron chi connectivity index (χ1n) is 6.27. The summed E-state index contributed by atoms with van der Waals surface area (Å²) in [5.41, 5.74) is 0. The molecule has 6 heteroatoms. The highest BCUT2D eigenvalue weighted by Crippen LogP contribution is 2.21. The van der Waals surface area contributed by atoms with Gasteiger partial charge in [0.2, 0.25) is 5.91 Å². The van der Waals surface area contributed by atoms with Crippen molar-refractivity contribution in [2.24, 2.45) is 5.92 Å². The fraction of sp³-hybridized carbons (Fsp3) is 0.917. The lowest BCUT2D eigenvalue weighted by Crippen LogP contribution is -2.43. The summed E-state index contributed by atoms with van der Waals surface area (Å²) in [5.74, 6) is -0.713. The predicted octanol–water partition coefficient (Wildman–Crippen LogP) is 3.83. The highest BCUT2D eigenvalue weighted by Gasteiger charge is 2.34. The molecular weight excluding hydrogens is 267 g/mol. The lowest BCUT2D eigenvalue weighted by molar-refractivity contribution is -0.163. The SMILES string of the molecule is CCCC(CCC)C(=O)N(CCCl)CC(F)(F)F. The quantitative estimate of drug-likeness (QED) is 0.621. The zero-order chi connectivity index (χ0) is 14.2. The predicted molar refractivity (Wildman–Crippen MR) is 66.7 cm³/mol. The number of amides is 1. The van der Waals surface area contributed by atoms with Crippen molar-refractivity contribution in [3.8, 4) is 0 Å². The fourth-order valence-electron chi connectivity index (χ4n) is 1.93. The molecule has 0 unspecified atom stereocenters. The number of nitrogens with zero attached hydrogens (tertiary/aromatic N) is 1. The molecule has 0 aliphatic carbocycles. The zero-order valence-electron chi connectivity index (χ0n) is 10.9. The Morgan fingerprint density at radius 2 is 1.72 bits per heavy atom. The van der Waals surface area contributed by atoms with Gasteiger partial charge in [0.25, 0.3) is 0 Å². The summed E-state index contributed by atoms with van der Waals surface area (Å²) < 4.78 is 37.2. The van der Waals surface area contributed by atoms with Gasteiger partial charge in [0.1, 0.15) is 6.54 Å². The number of rotatable bonds is 8. The van der Waals surface area contributed by atoms with Crippen LogP contribution in [-0.4, -0.2) is 36.0 Å². The number of hydrogen-bond donors (Lipinski definition) is 0. The Hall–Kier alpha value is -0.450. The minimum absolute atomic E-state index is 0.0206. The summed E-state index contributed by atoms with van der Waals surface area (Å²) in [4.78, 5) is 12.9. The Kier molecular flexibility index (Phi) is 8.40. The van der Waals surface area contributed by atoms with E-state index in [-0.39, 0.29) is 18.3 Å².